The maximum absolute atomic E-state index is 14.1. The molecule has 2 rings (SSSR count). The predicted molar refractivity (Wildman–Crippen MR) is 102 cm³/mol. The second kappa shape index (κ2) is 8.21. The Morgan fingerprint density at radius 2 is 1.73 bits per heavy atom. The van der Waals surface area contributed by atoms with Crippen molar-refractivity contribution in [2.24, 2.45) is 0 Å². The molecule has 0 bridgehead atoms. The van der Waals surface area contributed by atoms with E-state index in [2.05, 4.69) is 13.8 Å². The summed E-state index contributed by atoms with van der Waals surface area (Å²) in [7, 11) is 0. The van der Waals surface area contributed by atoms with E-state index >= 15 is 0 Å². The van der Waals surface area contributed by atoms with Crippen LogP contribution in [0.1, 0.15) is 56.5 Å². The van der Waals surface area contributed by atoms with Crippen LogP contribution in [0, 0.1) is 5.82 Å². The fraction of sp³-hybridized carbons (Fsp3) is 0.381. The number of nitrogens with zero attached hydrogens (tertiary/aromatic N) is 1. The Hall–Kier alpha value is -2.56. The summed E-state index contributed by atoms with van der Waals surface area (Å²) >= 11 is 0. The van der Waals surface area contributed by atoms with Crippen LogP contribution >= 0.6 is 0 Å². The van der Waals surface area contributed by atoms with Crippen molar-refractivity contribution in [1.82, 2.24) is 0 Å². The van der Waals surface area contributed by atoms with Gasteiger partial charge in [-0.3, -0.25) is 0 Å². The average molecular weight is 359 g/mol. The average Bonchev–Trinajstić information content (AvgIpc) is 2.54. The second-order valence-corrected chi connectivity index (χ2v) is 6.76. The van der Waals surface area contributed by atoms with Gasteiger partial charge in [0.1, 0.15) is 11.6 Å². The molecule has 2 aromatic rings. The number of ether oxygens (including phenoxy) is 1. The topological polar surface area (TPSA) is 49.8 Å². The molecule has 0 heterocycles. The van der Waals surface area contributed by atoms with Crippen molar-refractivity contribution in [3.8, 4) is 5.75 Å². The third-order valence-electron chi connectivity index (χ3n) is 4.10. The number of aromatic carboxylic acids is 1. The van der Waals surface area contributed by atoms with E-state index in [1.807, 2.05) is 43.9 Å². The van der Waals surface area contributed by atoms with E-state index in [0.717, 1.165) is 17.0 Å². The number of carboxylic acids is 1. The van der Waals surface area contributed by atoms with E-state index in [4.69, 9.17) is 9.84 Å². The molecule has 0 saturated heterocycles. The normalized spacial score (nSPS) is 11.1. The SMILES string of the molecule is CCN(c1ccc(C(=O)O)c(F)c1)c1ccc(C(C)C)c(OC(C)C)c1. The highest BCUT2D eigenvalue weighted by Gasteiger charge is 2.17. The van der Waals surface area contributed by atoms with Gasteiger partial charge in [-0.1, -0.05) is 19.9 Å². The van der Waals surface area contributed by atoms with Crippen molar-refractivity contribution in [2.45, 2.75) is 46.6 Å². The Bertz CT molecular complexity index is 787. The number of benzene rings is 2. The lowest BCUT2D eigenvalue weighted by atomic mass is 10.0. The van der Waals surface area contributed by atoms with Crippen LogP contribution in [0.5, 0.6) is 5.75 Å². The first kappa shape index (κ1) is 19.8. The summed E-state index contributed by atoms with van der Waals surface area (Å²) < 4.78 is 20.1. The van der Waals surface area contributed by atoms with Crippen molar-refractivity contribution < 1.29 is 19.0 Å². The molecule has 0 saturated carbocycles. The van der Waals surface area contributed by atoms with E-state index in [1.165, 1.54) is 12.1 Å². The van der Waals surface area contributed by atoms with E-state index in [-0.39, 0.29) is 11.7 Å². The number of hydrogen-bond acceptors (Lipinski definition) is 3. The highest BCUT2D eigenvalue weighted by molar-refractivity contribution is 5.88. The van der Waals surface area contributed by atoms with Crippen molar-refractivity contribution >= 4 is 17.3 Å². The third kappa shape index (κ3) is 4.34. The Morgan fingerprint density at radius 1 is 1.12 bits per heavy atom. The summed E-state index contributed by atoms with van der Waals surface area (Å²) in [6.07, 6.45) is 0.0464. The molecule has 4 nitrogen and oxygen atoms in total. The monoisotopic (exact) mass is 359 g/mol. The van der Waals surface area contributed by atoms with Crippen molar-refractivity contribution in [3.63, 3.8) is 0 Å². The number of halogens is 1. The van der Waals surface area contributed by atoms with Gasteiger partial charge in [-0.2, -0.15) is 0 Å². The molecule has 140 valence electrons. The van der Waals surface area contributed by atoms with Crippen LogP contribution in [-0.2, 0) is 0 Å². The minimum absolute atomic E-state index is 0.0464. The predicted octanol–water partition coefficient (Wildman–Crippen LogP) is 5.59. The van der Waals surface area contributed by atoms with Gasteiger partial charge in [0.05, 0.1) is 11.7 Å². The van der Waals surface area contributed by atoms with Crippen LogP contribution in [0.2, 0.25) is 0 Å². The minimum atomic E-state index is -1.27. The fourth-order valence-electron chi connectivity index (χ4n) is 2.88. The summed E-state index contributed by atoms with van der Waals surface area (Å²) in [6, 6.07) is 10.1. The fourth-order valence-corrected chi connectivity index (χ4v) is 2.88. The molecule has 0 aliphatic heterocycles. The van der Waals surface area contributed by atoms with Gasteiger partial charge in [-0.15, -0.1) is 0 Å². The van der Waals surface area contributed by atoms with Crippen LogP contribution in [0.4, 0.5) is 15.8 Å². The molecular formula is C21H26FNO3. The highest BCUT2D eigenvalue weighted by atomic mass is 19.1. The lowest BCUT2D eigenvalue weighted by Gasteiger charge is -2.26. The molecule has 0 aliphatic rings. The Labute approximate surface area is 154 Å². The second-order valence-electron chi connectivity index (χ2n) is 6.76. The van der Waals surface area contributed by atoms with Gasteiger partial charge in [-0.05, 0) is 56.5 Å². The molecular weight excluding hydrogens is 333 g/mol. The quantitative estimate of drug-likeness (QED) is 0.700. The number of anilines is 2. The summed E-state index contributed by atoms with van der Waals surface area (Å²) in [5, 5.41) is 9.00. The van der Waals surface area contributed by atoms with Crippen LogP contribution < -0.4 is 9.64 Å². The van der Waals surface area contributed by atoms with Gasteiger partial charge in [0.25, 0.3) is 0 Å². The van der Waals surface area contributed by atoms with Gasteiger partial charge in [0, 0.05) is 24.0 Å². The summed E-state index contributed by atoms with van der Waals surface area (Å²) in [4.78, 5) is 12.9. The molecule has 0 aromatic heterocycles. The molecule has 0 spiro atoms. The van der Waals surface area contributed by atoms with Crippen molar-refractivity contribution in [2.75, 3.05) is 11.4 Å². The van der Waals surface area contributed by atoms with Gasteiger partial charge >= 0.3 is 5.97 Å². The standard InChI is InChI=1S/C21H26FNO3/c1-6-23(15-8-10-18(21(24)25)19(22)11-15)16-7-9-17(13(2)3)20(12-16)26-14(4)5/h7-14H,6H2,1-5H3,(H,24,25). The van der Waals surface area contributed by atoms with Crippen molar-refractivity contribution in [3.05, 3.63) is 53.3 Å². The Morgan fingerprint density at radius 3 is 2.23 bits per heavy atom. The van der Waals surface area contributed by atoms with Gasteiger partial charge in [0.2, 0.25) is 0 Å². The molecule has 0 radical (unpaired) electrons. The zero-order chi connectivity index (χ0) is 19.4. The number of carboxylic acid groups (broad SMARTS) is 1. The van der Waals surface area contributed by atoms with Crippen molar-refractivity contribution in [1.29, 1.82) is 0 Å². The van der Waals surface area contributed by atoms with Crippen LogP contribution in [-0.4, -0.2) is 23.7 Å². The lowest BCUT2D eigenvalue weighted by Crippen LogP contribution is -2.17. The first-order valence-corrected chi connectivity index (χ1v) is 8.85. The first-order chi connectivity index (χ1) is 12.2. The summed E-state index contributed by atoms with van der Waals surface area (Å²) in [5.41, 5.74) is 2.26. The van der Waals surface area contributed by atoms with Crippen LogP contribution in [0.25, 0.3) is 0 Å². The third-order valence-corrected chi connectivity index (χ3v) is 4.10. The molecule has 0 fully saturated rings. The largest absolute Gasteiger partial charge is 0.491 e. The number of hydrogen-bond donors (Lipinski definition) is 1. The highest BCUT2D eigenvalue weighted by Crippen LogP contribution is 2.34. The molecule has 0 unspecified atom stereocenters. The number of carbonyl (C=O) groups is 1. The maximum Gasteiger partial charge on any atom is 0.338 e. The number of rotatable bonds is 7. The van der Waals surface area contributed by atoms with Crippen LogP contribution in [0.15, 0.2) is 36.4 Å². The summed E-state index contributed by atoms with van der Waals surface area (Å²) in [6.45, 7) is 10.7. The molecule has 1 N–H and O–H groups in total. The molecule has 5 heteroatoms. The maximum atomic E-state index is 14.1. The van der Waals surface area contributed by atoms with Crippen LogP contribution in [0.3, 0.4) is 0 Å². The Balaban J connectivity index is 2.47. The lowest BCUT2D eigenvalue weighted by molar-refractivity contribution is 0.0692. The molecule has 0 atom stereocenters. The molecule has 2 aromatic carbocycles. The molecule has 0 aliphatic carbocycles. The van der Waals surface area contributed by atoms with Gasteiger partial charge in [-0.25, -0.2) is 9.18 Å². The van der Waals surface area contributed by atoms with E-state index < -0.39 is 11.8 Å². The molecule has 26 heavy (non-hydrogen) atoms. The van der Waals surface area contributed by atoms with Gasteiger partial charge < -0.3 is 14.7 Å². The van der Waals surface area contributed by atoms with Gasteiger partial charge in [0.15, 0.2) is 0 Å². The zero-order valence-electron chi connectivity index (χ0n) is 15.9. The molecule has 0 amide bonds. The van der Waals surface area contributed by atoms with E-state index in [0.29, 0.717) is 18.2 Å². The smallest absolute Gasteiger partial charge is 0.338 e. The van der Waals surface area contributed by atoms with E-state index in [9.17, 15) is 9.18 Å². The van der Waals surface area contributed by atoms with E-state index in [1.54, 1.807) is 6.07 Å². The zero-order valence-corrected chi connectivity index (χ0v) is 15.9. The summed E-state index contributed by atoms with van der Waals surface area (Å²) in [5.74, 6) is -0.884. The Kier molecular flexibility index (Phi) is 6.24. The first-order valence-electron chi connectivity index (χ1n) is 8.85. The minimum Gasteiger partial charge on any atom is -0.491 e.